The maximum atomic E-state index is 12.7. The van der Waals surface area contributed by atoms with E-state index in [2.05, 4.69) is 0 Å². The highest BCUT2D eigenvalue weighted by Crippen LogP contribution is 2.25. The van der Waals surface area contributed by atoms with Gasteiger partial charge in [-0.05, 0) is 6.92 Å². The molecule has 1 aliphatic heterocycles. The Balaban J connectivity index is 2.87. The number of carbonyl (C=O) groups is 3. The predicted molar refractivity (Wildman–Crippen MR) is 45.4 cm³/mol. The molecule has 0 aromatic carbocycles. The number of rotatable bonds is 3. The first-order chi connectivity index (χ1) is 7.66. The molecule has 1 saturated heterocycles. The van der Waals surface area contributed by atoms with Gasteiger partial charge in [-0.15, -0.1) is 0 Å². The Hall–Kier alpha value is -1.67. The number of barbiturate groups is 1. The van der Waals surface area contributed by atoms with E-state index in [0.29, 0.717) is 0 Å². The van der Waals surface area contributed by atoms with Crippen LogP contribution in [0.5, 0.6) is 0 Å². The van der Waals surface area contributed by atoms with Crippen LogP contribution in [0.1, 0.15) is 6.92 Å². The van der Waals surface area contributed by atoms with Gasteiger partial charge in [-0.2, -0.15) is 8.78 Å². The van der Waals surface area contributed by atoms with Gasteiger partial charge in [0.15, 0.2) is 0 Å². The van der Waals surface area contributed by atoms with Gasteiger partial charge < -0.3 is 0 Å². The molecule has 0 bridgehead atoms. The molecule has 0 aromatic rings. The van der Waals surface area contributed by atoms with Crippen LogP contribution in [0.25, 0.3) is 0 Å². The summed E-state index contributed by atoms with van der Waals surface area (Å²) in [7, 11) is 0. The summed E-state index contributed by atoms with van der Waals surface area (Å²) >= 11 is 0. The molecule has 1 heterocycles. The van der Waals surface area contributed by atoms with E-state index in [1.807, 2.05) is 0 Å². The second-order valence-electron chi connectivity index (χ2n) is 3.50. The van der Waals surface area contributed by atoms with Crippen molar-refractivity contribution in [3.05, 3.63) is 0 Å². The lowest BCUT2D eigenvalue weighted by Gasteiger charge is -2.30. The van der Waals surface area contributed by atoms with Crippen LogP contribution in [0.15, 0.2) is 0 Å². The summed E-state index contributed by atoms with van der Waals surface area (Å²) in [5.74, 6) is -8.04. The van der Waals surface area contributed by atoms with Crippen molar-refractivity contribution >= 4 is 17.8 Å². The van der Waals surface area contributed by atoms with Crippen LogP contribution in [0, 0.1) is 5.92 Å². The quantitative estimate of drug-likeness (QED) is 0.594. The van der Waals surface area contributed by atoms with Crippen molar-refractivity contribution in [2.75, 3.05) is 6.54 Å². The van der Waals surface area contributed by atoms with E-state index < -0.39 is 42.7 Å². The first-order valence-corrected chi connectivity index (χ1v) is 4.49. The van der Waals surface area contributed by atoms with Crippen LogP contribution < -0.4 is 5.32 Å². The van der Waals surface area contributed by atoms with Gasteiger partial charge >= 0.3 is 18.4 Å². The number of hydrogen-bond donors (Lipinski definition) is 1. The lowest BCUT2D eigenvalue weighted by atomic mass is 10.1. The van der Waals surface area contributed by atoms with Crippen LogP contribution in [-0.2, 0) is 9.59 Å². The summed E-state index contributed by atoms with van der Waals surface area (Å²) in [5.41, 5.74) is 0. The van der Waals surface area contributed by atoms with Gasteiger partial charge in [0.2, 0.25) is 11.8 Å². The van der Waals surface area contributed by atoms with E-state index in [4.69, 9.17) is 0 Å². The third-order valence-electron chi connectivity index (χ3n) is 2.19. The highest BCUT2D eigenvalue weighted by atomic mass is 19.3. The minimum Gasteiger partial charge on any atom is -0.277 e. The molecule has 4 amide bonds. The van der Waals surface area contributed by atoms with Crippen molar-refractivity contribution in [3.8, 4) is 0 Å². The van der Waals surface area contributed by atoms with Gasteiger partial charge in [-0.1, -0.05) is 0 Å². The highest BCUT2D eigenvalue weighted by molar-refractivity contribution is 6.15. The Bertz CT molecular complexity index is 372. The van der Waals surface area contributed by atoms with Crippen LogP contribution in [0.3, 0.4) is 0 Å². The standard InChI is InChI=1S/C8H8F4N2O3/c1-3-4(15)13-7(17)14(5(3)16)2-8(11,12)6(9)10/h3,6H,2H2,1H3,(H,13,15,17). The summed E-state index contributed by atoms with van der Waals surface area (Å²) in [6, 6.07) is -1.42. The number of nitrogens with zero attached hydrogens (tertiary/aromatic N) is 1. The molecule has 5 nitrogen and oxygen atoms in total. The number of halogens is 4. The van der Waals surface area contributed by atoms with E-state index >= 15 is 0 Å². The molecular formula is C8H8F4N2O3. The van der Waals surface area contributed by atoms with E-state index in [9.17, 15) is 31.9 Å². The molecule has 0 spiro atoms. The lowest BCUT2D eigenvalue weighted by molar-refractivity contribution is -0.157. The summed E-state index contributed by atoms with van der Waals surface area (Å²) in [5, 5.41) is 1.62. The Morgan fingerprint density at radius 2 is 1.88 bits per heavy atom. The minimum absolute atomic E-state index is 0.0851. The fourth-order valence-corrected chi connectivity index (χ4v) is 1.16. The molecule has 1 unspecified atom stereocenters. The zero-order valence-corrected chi connectivity index (χ0v) is 8.55. The Kier molecular flexibility index (Phi) is 3.39. The molecular weight excluding hydrogens is 248 g/mol. The third-order valence-corrected chi connectivity index (χ3v) is 2.19. The molecule has 0 aromatic heterocycles. The predicted octanol–water partition coefficient (Wildman–Crippen LogP) is 0.601. The van der Waals surface area contributed by atoms with E-state index in [-0.39, 0.29) is 4.90 Å². The normalized spacial score (nSPS) is 22.1. The van der Waals surface area contributed by atoms with E-state index in [1.165, 1.54) is 0 Å². The van der Waals surface area contributed by atoms with Gasteiger partial charge in [0.05, 0.1) is 0 Å². The van der Waals surface area contributed by atoms with Crippen molar-refractivity contribution in [1.29, 1.82) is 0 Å². The van der Waals surface area contributed by atoms with Gasteiger partial charge in [0.1, 0.15) is 12.5 Å². The number of alkyl halides is 4. The van der Waals surface area contributed by atoms with Crippen LogP contribution in [-0.4, -0.2) is 41.6 Å². The Labute approximate surface area is 92.7 Å². The molecule has 1 rings (SSSR count). The minimum atomic E-state index is -4.51. The number of amides is 4. The fraction of sp³-hybridized carbons (Fsp3) is 0.625. The topological polar surface area (TPSA) is 66.5 Å². The maximum absolute atomic E-state index is 12.7. The summed E-state index contributed by atoms with van der Waals surface area (Å²) in [4.78, 5) is 33.2. The number of nitrogens with one attached hydrogen (secondary N) is 1. The zero-order valence-electron chi connectivity index (χ0n) is 8.55. The molecule has 96 valence electrons. The fourth-order valence-electron chi connectivity index (χ4n) is 1.16. The highest BCUT2D eigenvalue weighted by Gasteiger charge is 2.48. The summed E-state index contributed by atoms with van der Waals surface area (Å²) in [6.07, 6.45) is -4.00. The average molecular weight is 256 g/mol. The smallest absolute Gasteiger partial charge is 0.277 e. The van der Waals surface area contributed by atoms with Crippen molar-refractivity contribution in [2.45, 2.75) is 19.3 Å². The van der Waals surface area contributed by atoms with Crippen molar-refractivity contribution in [3.63, 3.8) is 0 Å². The molecule has 1 fully saturated rings. The van der Waals surface area contributed by atoms with Crippen molar-refractivity contribution in [1.82, 2.24) is 10.2 Å². The van der Waals surface area contributed by atoms with Gasteiger partial charge in [-0.3, -0.25) is 19.8 Å². The third kappa shape index (κ3) is 2.53. The SMILES string of the molecule is CC1C(=O)NC(=O)N(CC(F)(F)C(F)F)C1=O. The van der Waals surface area contributed by atoms with Gasteiger partial charge in [-0.25, -0.2) is 13.6 Å². The number of imide groups is 2. The Morgan fingerprint density at radius 1 is 1.35 bits per heavy atom. The molecule has 0 aliphatic carbocycles. The first kappa shape index (κ1) is 13.4. The molecule has 0 saturated carbocycles. The van der Waals surface area contributed by atoms with Crippen LogP contribution in [0.2, 0.25) is 0 Å². The van der Waals surface area contributed by atoms with Crippen molar-refractivity contribution in [2.24, 2.45) is 5.92 Å². The maximum Gasteiger partial charge on any atom is 0.330 e. The monoisotopic (exact) mass is 256 g/mol. The average Bonchev–Trinajstić information content (AvgIpc) is 2.21. The van der Waals surface area contributed by atoms with E-state index in [0.717, 1.165) is 6.92 Å². The first-order valence-electron chi connectivity index (χ1n) is 4.49. The molecule has 1 atom stereocenters. The van der Waals surface area contributed by atoms with Crippen LogP contribution in [0.4, 0.5) is 22.4 Å². The van der Waals surface area contributed by atoms with Crippen LogP contribution >= 0.6 is 0 Å². The summed E-state index contributed by atoms with van der Waals surface area (Å²) in [6.45, 7) is -0.676. The zero-order chi connectivity index (χ0) is 13.4. The van der Waals surface area contributed by atoms with Gasteiger partial charge in [0, 0.05) is 0 Å². The lowest BCUT2D eigenvalue weighted by Crippen LogP contribution is -2.60. The second-order valence-corrected chi connectivity index (χ2v) is 3.50. The number of hydrogen-bond acceptors (Lipinski definition) is 3. The van der Waals surface area contributed by atoms with E-state index in [1.54, 1.807) is 5.32 Å². The molecule has 0 radical (unpaired) electrons. The molecule has 1 N–H and O–H groups in total. The molecule has 17 heavy (non-hydrogen) atoms. The number of urea groups is 1. The van der Waals surface area contributed by atoms with Gasteiger partial charge in [0.25, 0.3) is 0 Å². The molecule has 1 aliphatic rings. The number of carbonyl (C=O) groups excluding carboxylic acids is 3. The summed E-state index contributed by atoms with van der Waals surface area (Å²) < 4.78 is 49.2. The molecule has 9 heteroatoms. The van der Waals surface area contributed by atoms with Crippen molar-refractivity contribution < 1.29 is 31.9 Å². The second kappa shape index (κ2) is 4.30. The largest absolute Gasteiger partial charge is 0.330 e. The Morgan fingerprint density at radius 3 is 2.35 bits per heavy atom.